The lowest BCUT2D eigenvalue weighted by Crippen LogP contribution is -2.43. The van der Waals surface area contributed by atoms with Crippen LogP contribution < -0.4 is 10.1 Å². The number of hydrogen-bond acceptors (Lipinski definition) is 4. The van der Waals surface area contributed by atoms with Crippen LogP contribution in [0.4, 0.5) is 0 Å². The summed E-state index contributed by atoms with van der Waals surface area (Å²) in [5.41, 5.74) is 0. The average Bonchev–Trinajstić information content (AvgIpc) is 2.98. The van der Waals surface area contributed by atoms with Crippen LogP contribution in [-0.4, -0.2) is 48.7 Å². The first kappa shape index (κ1) is 15.5. The maximum absolute atomic E-state index is 12.0. The lowest BCUT2D eigenvalue weighted by atomic mass is 10.3. The topological polar surface area (TPSA) is 41.6 Å². The summed E-state index contributed by atoms with van der Waals surface area (Å²) in [6.45, 7) is 1.29. The minimum absolute atomic E-state index is 0.0258. The van der Waals surface area contributed by atoms with E-state index in [1.165, 1.54) is 0 Å². The van der Waals surface area contributed by atoms with E-state index in [0.717, 1.165) is 23.8 Å². The van der Waals surface area contributed by atoms with Gasteiger partial charge in [-0.25, -0.2) is 0 Å². The first-order valence-corrected chi connectivity index (χ1v) is 8.14. The third-order valence-corrected chi connectivity index (χ3v) is 4.30. The molecule has 2 rings (SSSR count). The second-order valence-electron chi connectivity index (χ2n) is 4.69. The molecule has 0 spiro atoms. The van der Waals surface area contributed by atoms with Crippen molar-refractivity contribution in [2.75, 3.05) is 31.8 Å². The highest BCUT2D eigenvalue weighted by Gasteiger charge is 2.24. The molecule has 20 heavy (non-hydrogen) atoms. The molecule has 0 aromatic heterocycles. The molecule has 6 heteroatoms. The van der Waals surface area contributed by atoms with Crippen molar-refractivity contribution in [3.8, 4) is 5.75 Å². The van der Waals surface area contributed by atoms with Gasteiger partial charge in [-0.05, 0) is 30.7 Å². The van der Waals surface area contributed by atoms with E-state index in [1.807, 2.05) is 19.2 Å². The molecule has 4 nitrogen and oxygen atoms in total. The van der Waals surface area contributed by atoms with Crippen LogP contribution in [0.1, 0.15) is 6.42 Å². The van der Waals surface area contributed by atoms with Gasteiger partial charge in [-0.3, -0.25) is 10.1 Å². The van der Waals surface area contributed by atoms with Crippen molar-refractivity contribution < 1.29 is 9.53 Å². The van der Waals surface area contributed by atoms with Gasteiger partial charge in [0.05, 0.1) is 12.6 Å². The first-order chi connectivity index (χ1) is 9.66. The summed E-state index contributed by atoms with van der Waals surface area (Å²) in [4.78, 5) is 13.8. The molecule has 0 bridgehead atoms. The number of carbonyl (C=O) groups excluding carboxylic acids is 1. The van der Waals surface area contributed by atoms with E-state index in [4.69, 9.17) is 16.3 Å². The Kier molecular flexibility index (Phi) is 6.01. The molecule has 0 radical (unpaired) electrons. The predicted octanol–water partition coefficient (Wildman–Crippen LogP) is 2.23. The minimum atomic E-state index is -0.0258. The Morgan fingerprint density at radius 3 is 2.90 bits per heavy atom. The molecule has 0 aliphatic carbocycles. The highest BCUT2D eigenvalue weighted by Crippen LogP contribution is 2.15. The summed E-state index contributed by atoms with van der Waals surface area (Å²) in [6, 6.07) is 7.27. The number of likely N-dealkylation sites (N-methyl/N-ethyl adjacent to an activating group) is 1. The summed E-state index contributed by atoms with van der Waals surface area (Å²) in [7, 11) is 1.84. The van der Waals surface area contributed by atoms with Gasteiger partial charge in [0.1, 0.15) is 5.75 Å². The van der Waals surface area contributed by atoms with Crippen LogP contribution in [0.3, 0.4) is 0 Å². The van der Waals surface area contributed by atoms with E-state index in [1.54, 1.807) is 28.8 Å². The zero-order chi connectivity index (χ0) is 14.4. The number of hydrogen-bond donors (Lipinski definition) is 1. The smallest absolute Gasteiger partial charge is 0.240 e. The highest BCUT2D eigenvalue weighted by molar-refractivity contribution is 7.99. The first-order valence-electron chi connectivity index (χ1n) is 6.61. The SMILES string of the molecule is CN(CCCOc1ccc(Cl)cc1)C(=O)C1CSCN1. The van der Waals surface area contributed by atoms with E-state index >= 15 is 0 Å². The number of benzene rings is 1. The second kappa shape index (κ2) is 7.76. The van der Waals surface area contributed by atoms with Crippen LogP contribution in [-0.2, 0) is 4.79 Å². The van der Waals surface area contributed by atoms with Gasteiger partial charge in [0.25, 0.3) is 0 Å². The van der Waals surface area contributed by atoms with Crippen LogP contribution in [0, 0.1) is 0 Å². The largest absolute Gasteiger partial charge is 0.494 e. The molecule has 1 saturated heterocycles. The standard InChI is InChI=1S/C14H19ClN2O2S/c1-17(14(18)13-9-20-10-16-13)7-2-8-19-12-5-3-11(15)4-6-12/h3-6,13,16H,2,7-10H2,1H3. The third-order valence-electron chi connectivity index (χ3n) is 3.11. The molecule has 1 atom stereocenters. The summed E-state index contributed by atoms with van der Waals surface area (Å²) < 4.78 is 5.60. The maximum atomic E-state index is 12.0. The van der Waals surface area contributed by atoms with Gasteiger partial charge < -0.3 is 9.64 Å². The molecule has 1 N–H and O–H groups in total. The Bertz CT molecular complexity index is 435. The maximum Gasteiger partial charge on any atom is 0.240 e. The zero-order valence-electron chi connectivity index (χ0n) is 11.5. The lowest BCUT2D eigenvalue weighted by Gasteiger charge is -2.20. The Hall–Kier alpha value is -0.910. The number of rotatable bonds is 6. The van der Waals surface area contributed by atoms with Crippen LogP contribution in [0.2, 0.25) is 5.02 Å². The number of nitrogens with zero attached hydrogens (tertiary/aromatic N) is 1. The fraction of sp³-hybridized carbons (Fsp3) is 0.500. The fourth-order valence-corrected chi connectivity index (χ4v) is 3.01. The molecule has 1 aliphatic heterocycles. The predicted molar refractivity (Wildman–Crippen MR) is 83.4 cm³/mol. The zero-order valence-corrected chi connectivity index (χ0v) is 13.0. The molecular formula is C14H19ClN2O2S. The van der Waals surface area contributed by atoms with E-state index in [-0.39, 0.29) is 11.9 Å². The molecule has 1 aromatic carbocycles. The Morgan fingerprint density at radius 2 is 2.25 bits per heavy atom. The van der Waals surface area contributed by atoms with Crippen molar-refractivity contribution in [1.29, 1.82) is 0 Å². The molecule has 1 amide bonds. The Morgan fingerprint density at radius 1 is 1.50 bits per heavy atom. The van der Waals surface area contributed by atoms with Gasteiger partial charge in [-0.1, -0.05) is 11.6 Å². The van der Waals surface area contributed by atoms with Crippen LogP contribution in [0.25, 0.3) is 0 Å². The fourth-order valence-electron chi connectivity index (χ4n) is 1.95. The third kappa shape index (κ3) is 4.58. The normalized spacial score (nSPS) is 18.0. The summed E-state index contributed by atoms with van der Waals surface area (Å²) in [5, 5.41) is 3.89. The Balaban J connectivity index is 1.65. The van der Waals surface area contributed by atoms with Crippen molar-refractivity contribution in [2.24, 2.45) is 0 Å². The van der Waals surface area contributed by atoms with Crippen LogP contribution in [0.15, 0.2) is 24.3 Å². The van der Waals surface area contributed by atoms with E-state index in [2.05, 4.69) is 5.32 Å². The molecule has 1 aromatic rings. The molecule has 1 heterocycles. The molecule has 1 fully saturated rings. The second-order valence-corrected chi connectivity index (χ2v) is 6.15. The monoisotopic (exact) mass is 314 g/mol. The highest BCUT2D eigenvalue weighted by atomic mass is 35.5. The number of halogens is 1. The van der Waals surface area contributed by atoms with Crippen molar-refractivity contribution in [3.63, 3.8) is 0 Å². The van der Waals surface area contributed by atoms with Crippen molar-refractivity contribution in [1.82, 2.24) is 10.2 Å². The van der Waals surface area contributed by atoms with E-state index < -0.39 is 0 Å². The Labute approximate surface area is 128 Å². The van der Waals surface area contributed by atoms with Gasteiger partial charge in [-0.2, -0.15) is 0 Å². The quantitative estimate of drug-likeness (QED) is 0.818. The molecule has 1 unspecified atom stereocenters. The lowest BCUT2D eigenvalue weighted by molar-refractivity contribution is -0.131. The molecule has 1 aliphatic rings. The van der Waals surface area contributed by atoms with Crippen LogP contribution in [0.5, 0.6) is 5.75 Å². The van der Waals surface area contributed by atoms with Gasteiger partial charge in [0.2, 0.25) is 5.91 Å². The van der Waals surface area contributed by atoms with Gasteiger partial charge in [0.15, 0.2) is 0 Å². The number of amides is 1. The number of thioether (sulfide) groups is 1. The number of nitrogens with one attached hydrogen (secondary N) is 1. The van der Waals surface area contributed by atoms with Gasteiger partial charge in [-0.15, -0.1) is 11.8 Å². The summed E-state index contributed by atoms with van der Waals surface area (Å²) >= 11 is 7.56. The number of carbonyl (C=O) groups is 1. The van der Waals surface area contributed by atoms with Crippen LogP contribution >= 0.6 is 23.4 Å². The number of ether oxygens (including phenoxy) is 1. The summed E-state index contributed by atoms with van der Waals surface area (Å²) in [6.07, 6.45) is 0.810. The van der Waals surface area contributed by atoms with Crippen molar-refractivity contribution >= 4 is 29.3 Å². The van der Waals surface area contributed by atoms with Crippen molar-refractivity contribution in [3.05, 3.63) is 29.3 Å². The molecule has 110 valence electrons. The molecule has 0 saturated carbocycles. The van der Waals surface area contributed by atoms with Crippen molar-refractivity contribution in [2.45, 2.75) is 12.5 Å². The summed E-state index contributed by atoms with van der Waals surface area (Å²) in [5.74, 6) is 2.70. The molecular weight excluding hydrogens is 296 g/mol. The van der Waals surface area contributed by atoms with E-state index in [9.17, 15) is 4.79 Å². The van der Waals surface area contributed by atoms with E-state index in [0.29, 0.717) is 18.2 Å². The van der Waals surface area contributed by atoms with Gasteiger partial charge in [0, 0.05) is 30.2 Å². The minimum Gasteiger partial charge on any atom is -0.494 e. The average molecular weight is 315 g/mol. The van der Waals surface area contributed by atoms with Gasteiger partial charge >= 0.3 is 0 Å².